The first-order valence-corrected chi connectivity index (χ1v) is 12.0. The van der Waals surface area contributed by atoms with E-state index in [9.17, 15) is 13.6 Å². The standard InChI is InChI=1S/C26H30BF2N3O3/c1-24(2,3)22-11-15-10-18(5-6-19(15)32(22)14-17(27)13-30)31-23(33)25(8-9-25)16-4-7-20-21(12-16)35-26(28,29)34-20/h4-7,10-12,17H,8-9,13-14,27,30H2,1-3H3,(H,31,33). The van der Waals surface area contributed by atoms with Gasteiger partial charge in [-0.15, -0.1) is 8.78 Å². The zero-order valence-corrected chi connectivity index (χ0v) is 20.5. The predicted molar refractivity (Wildman–Crippen MR) is 134 cm³/mol. The Balaban J connectivity index is 1.42. The number of aromatic nitrogens is 1. The number of halogens is 2. The molecule has 0 radical (unpaired) electrons. The van der Waals surface area contributed by atoms with Crippen molar-refractivity contribution in [1.82, 2.24) is 4.57 Å². The number of anilines is 1. The molecule has 2 heterocycles. The van der Waals surface area contributed by atoms with Crippen LogP contribution in [0.3, 0.4) is 0 Å². The number of amides is 1. The molecule has 6 nitrogen and oxygen atoms in total. The Labute approximate surface area is 204 Å². The molecule has 1 aliphatic heterocycles. The smallest absolute Gasteiger partial charge is 0.395 e. The average Bonchev–Trinajstić information content (AvgIpc) is 3.42. The monoisotopic (exact) mass is 481 g/mol. The van der Waals surface area contributed by atoms with Crippen LogP contribution in [0.25, 0.3) is 10.9 Å². The highest BCUT2D eigenvalue weighted by Crippen LogP contribution is 2.52. The summed E-state index contributed by atoms with van der Waals surface area (Å²) in [5, 5.41) is 4.10. The summed E-state index contributed by atoms with van der Waals surface area (Å²) in [6, 6.07) is 12.7. The minimum Gasteiger partial charge on any atom is -0.395 e. The summed E-state index contributed by atoms with van der Waals surface area (Å²) >= 11 is 0. The van der Waals surface area contributed by atoms with Crippen LogP contribution in [0.1, 0.15) is 44.9 Å². The lowest BCUT2D eigenvalue weighted by Gasteiger charge is -2.24. The zero-order chi connectivity index (χ0) is 25.2. The number of alkyl halides is 2. The molecule has 1 amide bonds. The van der Waals surface area contributed by atoms with Crippen LogP contribution in [0.4, 0.5) is 14.5 Å². The molecular weight excluding hydrogens is 451 g/mol. The number of ether oxygens (including phenoxy) is 2. The van der Waals surface area contributed by atoms with Gasteiger partial charge in [-0.1, -0.05) is 26.8 Å². The van der Waals surface area contributed by atoms with E-state index < -0.39 is 11.7 Å². The second-order valence-corrected chi connectivity index (χ2v) is 10.9. The molecule has 5 rings (SSSR count). The van der Waals surface area contributed by atoms with Crippen LogP contribution in [0.2, 0.25) is 5.82 Å². The van der Waals surface area contributed by atoms with E-state index in [2.05, 4.69) is 54.0 Å². The highest BCUT2D eigenvalue weighted by molar-refractivity contribution is 6.11. The van der Waals surface area contributed by atoms with E-state index in [0.717, 1.165) is 17.4 Å². The second kappa shape index (κ2) is 7.98. The molecule has 1 saturated carbocycles. The summed E-state index contributed by atoms with van der Waals surface area (Å²) in [5.74, 6) is 0.108. The van der Waals surface area contributed by atoms with E-state index in [1.54, 1.807) is 6.07 Å². The first-order valence-electron chi connectivity index (χ1n) is 12.0. The van der Waals surface area contributed by atoms with Crippen LogP contribution in [0.15, 0.2) is 42.5 Å². The third-order valence-corrected chi connectivity index (χ3v) is 6.96. The Morgan fingerprint density at radius 3 is 2.51 bits per heavy atom. The van der Waals surface area contributed by atoms with Gasteiger partial charge < -0.3 is 25.1 Å². The molecule has 0 spiro atoms. The van der Waals surface area contributed by atoms with Gasteiger partial charge in [0.25, 0.3) is 0 Å². The van der Waals surface area contributed by atoms with Gasteiger partial charge in [-0.25, -0.2) is 0 Å². The normalized spacial score (nSPS) is 18.5. The van der Waals surface area contributed by atoms with Crippen molar-refractivity contribution in [3.8, 4) is 11.5 Å². The van der Waals surface area contributed by atoms with Crippen molar-refractivity contribution in [2.45, 2.75) is 63.1 Å². The first kappa shape index (κ1) is 23.7. The molecule has 1 unspecified atom stereocenters. The van der Waals surface area contributed by atoms with Crippen LogP contribution in [0, 0.1) is 0 Å². The zero-order valence-electron chi connectivity index (χ0n) is 20.5. The topological polar surface area (TPSA) is 78.5 Å². The van der Waals surface area contributed by atoms with Gasteiger partial charge in [-0.05, 0) is 67.2 Å². The number of nitrogens with one attached hydrogen (secondary N) is 1. The molecule has 35 heavy (non-hydrogen) atoms. The van der Waals surface area contributed by atoms with E-state index in [0.29, 0.717) is 36.5 Å². The fourth-order valence-electron chi connectivity index (χ4n) is 4.82. The maximum atomic E-state index is 13.4. The van der Waals surface area contributed by atoms with Crippen LogP contribution in [-0.2, 0) is 22.2 Å². The molecule has 1 fully saturated rings. The summed E-state index contributed by atoms with van der Waals surface area (Å²) in [4.78, 5) is 13.3. The Morgan fingerprint density at radius 2 is 1.86 bits per heavy atom. The van der Waals surface area contributed by atoms with Crippen molar-refractivity contribution in [1.29, 1.82) is 0 Å². The fraction of sp³-hybridized carbons (Fsp3) is 0.423. The number of nitrogens with zero attached hydrogens (tertiary/aromatic N) is 1. The van der Waals surface area contributed by atoms with E-state index in [1.807, 2.05) is 18.2 Å². The molecule has 2 aromatic carbocycles. The number of carbonyl (C=O) groups is 1. The predicted octanol–water partition coefficient (Wildman–Crippen LogP) is 4.31. The van der Waals surface area contributed by atoms with Crippen LogP contribution >= 0.6 is 0 Å². The second-order valence-electron chi connectivity index (χ2n) is 10.9. The highest BCUT2D eigenvalue weighted by Gasteiger charge is 2.52. The van der Waals surface area contributed by atoms with Gasteiger partial charge in [0.15, 0.2) is 11.5 Å². The molecule has 2 aliphatic rings. The van der Waals surface area contributed by atoms with E-state index in [4.69, 9.17) is 5.73 Å². The van der Waals surface area contributed by atoms with Gasteiger partial charge >= 0.3 is 6.29 Å². The maximum Gasteiger partial charge on any atom is 0.586 e. The van der Waals surface area contributed by atoms with Gasteiger partial charge in [0.2, 0.25) is 5.91 Å². The third kappa shape index (κ3) is 4.26. The van der Waals surface area contributed by atoms with Crippen molar-refractivity contribution in [2.24, 2.45) is 5.73 Å². The molecular formula is C26H30BF2N3O3. The quantitative estimate of drug-likeness (QED) is 0.515. The lowest BCUT2D eigenvalue weighted by molar-refractivity contribution is -0.286. The molecule has 0 saturated heterocycles. The van der Waals surface area contributed by atoms with Crippen molar-refractivity contribution < 1.29 is 23.0 Å². The number of carbonyl (C=O) groups excluding carboxylic acids is 1. The number of benzene rings is 2. The minimum absolute atomic E-state index is 0.0245. The van der Waals surface area contributed by atoms with Gasteiger partial charge in [0.1, 0.15) is 7.85 Å². The van der Waals surface area contributed by atoms with E-state index in [-0.39, 0.29) is 22.8 Å². The van der Waals surface area contributed by atoms with Crippen molar-refractivity contribution >= 4 is 30.3 Å². The molecule has 9 heteroatoms. The van der Waals surface area contributed by atoms with Crippen LogP contribution < -0.4 is 20.5 Å². The van der Waals surface area contributed by atoms with Crippen molar-refractivity contribution in [3.63, 3.8) is 0 Å². The number of fused-ring (bicyclic) bond motifs is 2. The summed E-state index contributed by atoms with van der Waals surface area (Å²) in [6.07, 6.45) is -2.41. The van der Waals surface area contributed by atoms with Crippen LogP contribution in [0.5, 0.6) is 11.5 Å². The number of hydrogen-bond donors (Lipinski definition) is 2. The maximum absolute atomic E-state index is 13.4. The van der Waals surface area contributed by atoms with E-state index in [1.165, 1.54) is 17.8 Å². The molecule has 184 valence electrons. The summed E-state index contributed by atoms with van der Waals surface area (Å²) < 4.78 is 38.2. The highest BCUT2D eigenvalue weighted by atomic mass is 19.3. The third-order valence-electron chi connectivity index (χ3n) is 6.96. The molecule has 3 N–H and O–H groups in total. The SMILES string of the molecule is BC(CN)Cn1c(C(C)(C)C)cc2cc(NC(=O)C3(c4ccc5c(c4)OC(F)(F)O5)CC3)ccc21. The molecule has 1 aliphatic carbocycles. The van der Waals surface area contributed by atoms with Gasteiger partial charge in [0.05, 0.1) is 5.41 Å². The van der Waals surface area contributed by atoms with Crippen molar-refractivity contribution in [3.05, 3.63) is 53.7 Å². The number of rotatable bonds is 6. The van der Waals surface area contributed by atoms with Gasteiger partial charge in [-0.3, -0.25) is 4.79 Å². The Morgan fingerprint density at radius 1 is 1.14 bits per heavy atom. The Hall–Kier alpha value is -3.07. The lowest BCUT2D eigenvalue weighted by Crippen LogP contribution is -2.27. The molecule has 0 bridgehead atoms. The molecule has 3 aromatic rings. The molecule has 1 aromatic heterocycles. The largest absolute Gasteiger partial charge is 0.586 e. The first-order chi connectivity index (χ1) is 16.4. The average molecular weight is 481 g/mol. The summed E-state index contributed by atoms with van der Waals surface area (Å²) in [6.45, 7) is 7.99. The van der Waals surface area contributed by atoms with Crippen LogP contribution in [-0.4, -0.2) is 31.2 Å². The minimum atomic E-state index is -3.68. The van der Waals surface area contributed by atoms with Crippen molar-refractivity contribution in [2.75, 3.05) is 11.9 Å². The fourth-order valence-corrected chi connectivity index (χ4v) is 4.82. The Kier molecular flexibility index (Phi) is 5.40. The van der Waals surface area contributed by atoms with Gasteiger partial charge in [-0.2, -0.15) is 0 Å². The lowest BCUT2D eigenvalue weighted by atomic mass is 9.86. The number of hydrogen-bond acceptors (Lipinski definition) is 4. The van der Waals surface area contributed by atoms with Gasteiger partial charge in [0, 0.05) is 34.2 Å². The molecule has 1 atom stereocenters. The summed E-state index contributed by atoms with van der Waals surface area (Å²) in [7, 11) is 2.14. The van der Waals surface area contributed by atoms with E-state index >= 15 is 0 Å². The Bertz CT molecular complexity index is 1310. The number of nitrogens with two attached hydrogens (primary N) is 1. The summed E-state index contributed by atoms with van der Waals surface area (Å²) in [5.41, 5.74) is 8.75.